The van der Waals surface area contributed by atoms with Gasteiger partial charge in [0.2, 0.25) is 0 Å². The lowest BCUT2D eigenvalue weighted by atomic mass is 9.83. The van der Waals surface area contributed by atoms with Gasteiger partial charge in [-0.2, -0.15) is 0 Å². The van der Waals surface area contributed by atoms with Gasteiger partial charge in [-0.1, -0.05) is 37.1 Å². The Morgan fingerprint density at radius 1 is 1.06 bits per heavy atom. The molecule has 0 bridgehead atoms. The molecule has 1 aliphatic heterocycles. The summed E-state index contributed by atoms with van der Waals surface area (Å²) in [7, 11) is 0. The van der Waals surface area contributed by atoms with Crippen LogP contribution in [0.4, 0.5) is 0 Å². The second-order valence-corrected chi connectivity index (χ2v) is 5.52. The minimum absolute atomic E-state index is 0.720. The Morgan fingerprint density at radius 3 is 2.35 bits per heavy atom. The molecule has 0 amide bonds. The standard InChI is InChI=1S/C15H22N2/c16-9-12-5-3-4-8-15(12)17-10-13-6-1-2-7-14(13)11-17/h1-2,6-7,12,15H,3-5,8-11,16H2. The molecule has 2 aliphatic rings. The maximum atomic E-state index is 5.94. The van der Waals surface area contributed by atoms with Crippen molar-refractivity contribution in [2.75, 3.05) is 6.54 Å². The van der Waals surface area contributed by atoms with Crippen LogP contribution >= 0.6 is 0 Å². The van der Waals surface area contributed by atoms with E-state index in [-0.39, 0.29) is 0 Å². The largest absolute Gasteiger partial charge is 0.330 e. The zero-order valence-corrected chi connectivity index (χ0v) is 10.4. The van der Waals surface area contributed by atoms with E-state index in [1.807, 2.05) is 0 Å². The van der Waals surface area contributed by atoms with Gasteiger partial charge in [0, 0.05) is 19.1 Å². The zero-order valence-electron chi connectivity index (χ0n) is 10.4. The van der Waals surface area contributed by atoms with Crippen molar-refractivity contribution in [3.05, 3.63) is 35.4 Å². The van der Waals surface area contributed by atoms with Gasteiger partial charge < -0.3 is 5.73 Å². The summed E-state index contributed by atoms with van der Waals surface area (Å²) in [5, 5.41) is 0. The van der Waals surface area contributed by atoms with Crippen molar-refractivity contribution in [2.45, 2.75) is 44.8 Å². The summed E-state index contributed by atoms with van der Waals surface area (Å²) in [6.45, 7) is 3.13. The van der Waals surface area contributed by atoms with Gasteiger partial charge in [-0.25, -0.2) is 0 Å². The van der Waals surface area contributed by atoms with Gasteiger partial charge in [-0.05, 0) is 36.4 Å². The molecule has 1 aromatic rings. The van der Waals surface area contributed by atoms with Crippen LogP contribution in [0.1, 0.15) is 36.8 Å². The monoisotopic (exact) mass is 230 g/mol. The Labute approximate surface area is 104 Å². The smallest absolute Gasteiger partial charge is 0.0243 e. The third-order valence-corrected chi connectivity index (χ3v) is 4.51. The summed E-state index contributed by atoms with van der Waals surface area (Å²) in [6.07, 6.45) is 5.43. The van der Waals surface area contributed by atoms with Crippen LogP contribution in [0.15, 0.2) is 24.3 Å². The maximum Gasteiger partial charge on any atom is 0.0243 e. The highest BCUT2D eigenvalue weighted by Gasteiger charge is 2.32. The Morgan fingerprint density at radius 2 is 1.71 bits per heavy atom. The van der Waals surface area contributed by atoms with Gasteiger partial charge in [-0.3, -0.25) is 4.90 Å². The average Bonchev–Trinajstić information content (AvgIpc) is 2.82. The molecule has 2 heteroatoms. The molecule has 1 aliphatic carbocycles. The summed E-state index contributed by atoms with van der Waals surface area (Å²) in [5.74, 6) is 0.720. The molecule has 1 saturated carbocycles. The molecule has 1 fully saturated rings. The number of hydrogen-bond donors (Lipinski definition) is 1. The number of hydrogen-bond acceptors (Lipinski definition) is 2. The lowest BCUT2D eigenvalue weighted by Gasteiger charge is -2.37. The first kappa shape index (κ1) is 11.2. The summed E-state index contributed by atoms with van der Waals surface area (Å²) in [6, 6.07) is 9.58. The summed E-state index contributed by atoms with van der Waals surface area (Å²) < 4.78 is 0. The highest BCUT2D eigenvalue weighted by Crippen LogP contribution is 2.33. The molecule has 0 radical (unpaired) electrons. The van der Waals surface area contributed by atoms with E-state index in [0.717, 1.165) is 31.6 Å². The van der Waals surface area contributed by atoms with E-state index in [0.29, 0.717) is 0 Å². The van der Waals surface area contributed by atoms with Crippen LogP contribution in [0.5, 0.6) is 0 Å². The van der Waals surface area contributed by atoms with E-state index in [4.69, 9.17) is 5.73 Å². The van der Waals surface area contributed by atoms with Crippen LogP contribution in [0.2, 0.25) is 0 Å². The molecule has 1 heterocycles. The molecule has 2 unspecified atom stereocenters. The van der Waals surface area contributed by atoms with Crippen LogP contribution in [-0.4, -0.2) is 17.5 Å². The molecule has 0 saturated heterocycles. The van der Waals surface area contributed by atoms with Gasteiger partial charge in [0.1, 0.15) is 0 Å². The minimum atomic E-state index is 0.720. The Hall–Kier alpha value is -0.860. The Bertz CT molecular complexity index is 363. The molecule has 2 atom stereocenters. The first-order valence-electron chi connectivity index (χ1n) is 6.89. The molecule has 2 nitrogen and oxygen atoms in total. The Kier molecular flexibility index (Phi) is 3.17. The molecule has 17 heavy (non-hydrogen) atoms. The maximum absolute atomic E-state index is 5.94. The third kappa shape index (κ3) is 2.12. The normalized spacial score (nSPS) is 29.2. The molecular weight excluding hydrogens is 208 g/mol. The molecule has 1 aromatic carbocycles. The van der Waals surface area contributed by atoms with Crippen LogP contribution in [0.25, 0.3) is 0 Å². The molecule has 3 rings (SSSR count). The molecule has 0 aromatic heterocycles. The molecule has 2 N–H and O–H groups in total. The van der Waals surface area contributed by atoms with E-state index in [1.54, 1.807) is 0 Å². The first-order valence-corrected chi connectivity index (χ1v) is 6.89. The lowest BCUT2D eigenvalue weighted by Crippen LogP contribution is -2.42. The SMILES string of the molecule is NCC1CCCCC1N1Cc2ccccc2C1. The number of rotatable bonds is 2. The highest BCUT2D eigenvalue weighted by atomic mass is 15.2. The van der Waals surface area contributed by atoms with E-state index < -0.39 is 0 Å². The lowest BCUT2D eigenvalue weighted by molar-refractivity contribution is 0.105. The predicted molar refractivity (Wildman–Crippen MR) is 70.5 cm³/mol. The van der Waals surface area contributed by atoms with Crippen molar-refractivity contribution in [3.8, 4) is 0 Å². The van der Waals surface area contributed by atoms with Gasteiger partial charge in [0.05, 0.1) is 0 Å². The van der Waals surface area contributed by atoms with Crippen molar-refractivity contribution in [1.29, 1.82) is 0 Å². The van der Waals surface area contributed by atoms with Crippen molar-refractivity contribution in [2.24, 2.45) is 11.7 Å². The Balaban J connectivity index is 1.74. The van der Waals surface area contributed by atoms with Gasteiger partial charge in [-0.15, -0.1) is 0 Å². The summed E-state index contributed by atoms with van der Waals surface area (Å²) >= 11 is 0. The van der Waals surface area contributed by atoms with E-state index >= 15 is 0 Å². The van der Waals surface area contributed by atoms with Crippen molar-refractivity contribution < 1.29 is 0 Å². The van der Waals surface area contributed by atoms with E-state index in [1.165, 1.54) is 36.8 Å². The van der Waals surface area contributed by atoms with Crippen LogP contribution in [0, 0.1) is 5.92 Å². The minimum Gasteiger partial charge on any atom is -0.330 e. The van der Waals surface area contributed by atoms with Gasteiger partial charge in [0.25, 0.3) is 0 Å². The third-order valence-electron chi connectivity index (χ3n) is 4.51. The first-order chi connectivity index (χ1) is 8.38. The van der Waals surface area contributed by atoms with Crippen LogP contribution < -0.4 is 5.73 Å². The molecule has 92 valence electrons. The topological polar surface area (TPSA) is 29.3 Å². The predicted octanol–water partition coefficient (Wildman–Crippen LogP) is 2.52. The second-order valence-electron chi connectivity index (χ2n) is 5.52. The van der Waals surface area contributed by atoms with Gasteiger partial charge in [0.15, 0.2) is 0 Å². The fourth-order valence-electron chi connectivity index (χ4n) is 3.54. The summed E-state index contributed by atoms with van der Waals surface area (Å²) in [4.78, 5) is 2.65. The van der Waals surface area contributed by atoms with E-state index in [2.05, 4.69) is 29.2 Å². The zero-order chi connectivity index (χ0) is 11.7. The molecular formula is C15H22N2. The van der Waals surface area contributed by atoms with Gasteiger partial charge >= 0.3 is 0 Å². The number of fused-ring (bicyclic) bond motifs is 1. The van der Waals surface area contributed by atoms with Crippen molar-refractivity contribution in [1.82, 2.24) is 4.90 Å². The number of nitrogens with two attached hydrogens (primary N) is 1. The quantitative estimate of drug-likeness (QED) is 0.846. The van der Waals surface area contributed by atoms with Crippen molar-refractivity contribution in [3.63, 3.8) is 0 Å². The highest BCUT2D eigenvalue weighted by molar-refractivity contribution is 5.30. The second kappa shape index (κ2) is 4.79. The van der Waals surface area contributed by atoms with E-state index in [9.17, 15) is 0 Å². The fourth-order valence-corrected chi connectivity index (χ4v) is 3.54. The average molecular weight is 230 g/mol. The number of nitrogens with zero attached hydrogens (tertiary/aromatic N) is 1. The fraction of sp³-hybridized carbons (Fsp3) is 0.600. The van der Waals surface area contributed by atoms with Crippen molar-refractivity contribution >= 4 is 0 Å². The summed E-state index contributed by atoms with van der Waals surface area (Å²) in [5.41, 5.74) is 8.98. The van der Waals surface area contributed by atoms with Crippen LogP contribution in [-0.2, 0) is 13.1 Å². The van der Waals surface area contributed by atoms with Crippen LogP contribution in [0.3, 0.4) is 0 Å². The molecule has 0 spiro atoms. The number of benzene rings is 1.